The van der Waals surface area contributed by atoms with Crippen molar-refractivity contribution in [3.63, 3.8) is 0 Å². The Morgan fingerprint density at radius 1 is 1.00 bits per heavy atom. The van der Waals surface area contributed by atoms with Gasteiger partial charge in [-0.25, -0.2) is 4.79 Å². The number of nitrogens with two attached hydrogens (primary N) is 2. The third kappa shape index (κ3) is 8.52. The number of H-pyrrole nitrogens is 1. The number of aliphatic carboxylic acids is 1. The van der Waals surface area contributed by atoms with Crippen molar-refractivity contribution in [1.82, 2.24) is 26.3 Å². The lowest BCUT2D eigenvalue weighted by Crippen LogP contribution is -2.58. The van der Waals surface area contributed by atoms with Gasteiger partial charge < -0.3 is 42.8 Å². The van der Waals surface area contributed by atoms with Crippen molar-refractivity contribution in [3.05, 3.63) is 36.0 Å². The molecule has 2 aromatic rings. The fraction of sp³-hybridized carbons (Fsp3) is 0.500. The molecule has 0 radical (unpaired) electrons. The highest BCUT2D eigenvalue weighted by Gasteiger charge is 2.32. The minimum absolute atomic E-state index is 0.0259. The molecule has 1 fully saturated rings. The van der Waals surface area contributed by atoms with E-state index in [2.05, 4.69) is 26.3 Å². The minimum atomic E-state index is -1.31. The number of para-hydroxylation sites is 1. The Kier molecular flexibility index (Phi) is 10.8. The summed E-state index contributed by atoms with van der Waals surface area (Å²) in [5.74, 6) is -3.96. The van der Waals surface area contributed by atoms with E-state index in [1.54, 1.807) is 6.20 Å². The van der Waals surface area contributed by atoms with Gasteiger partial charge in [0.05, 0.1) is 12.5 Å². The molecule has 1 saturated heterocycles. The zero-order valence-electron chi connectivity index (χ0n) is 21.7. The van der Waals surface area contributed by atoms with Crippen LogP contribution in [0.2, 0.25) is 0 Å². The summed E-state index contributed by atoms with van der Waals surface area (Å²) < 4.78 is 0. The Labute approximate surface area is 225 Å². The number of carboxylic acids is 1. The Bertz CT molecular complexity index is 1180. The first-order chi connectivity index (χ1) is 18.7. The van der Waals surface area contributed by atoms with Crippen molar-refractivity contribution >= 4 is 40.5 Å². The van der Waals surface area contributed by atoms with Gasteiger partial charge in [0, 0.05) is 23.5 Å². The molecule has 10 N–H and O–H groups in total. The Morgan fingerprint density at radius 3 is 2.38 bits per heavy atom. The summed E-state index contributed by atoms with van der Waals surface area (Å²) in [4.78, 5) is 65.9. The van der Waals surface area contributed by atoms with Crippen LogP contribution < -0.4 is 32.7 Å². The van der Waals surface area contributed by atoms with Gasteiger partial charge in [-0.1, -0.05) is 18.2 Å². The molecular formula is C26H37N7O6. The largest absolute Gasteiger partial charge is 0.480 e. The van der Waals surface area contributed by atoms with Gasteiger partial charge in [-0.2, -0.15) is 0 Å². The molecule has 13 heteroatoms. The summed E-state index contributed by atoms with van der Waals surface area (Å²) in [7, 11) is 0. The average Bonchev–Trinajstić information content (AvgIpc) is 3.58. The molecule has 0 bridgehead atoms. The van der Waals surface area contributed by atoms with Gasteiger partial charge in [-0.05, 0) is 56.8 Å². The third-order valence-electron chi connectivity index (χ3n) is 6.71. The van der Waals surface area contributed by atoms with Crippen molar-refractivity contribution in [2.45, 2.75) is 69.1 Å². The van der Waals surface area contributed by atoms with Gasteiger partial charge in [0.2, 0.25) is 23.6 Å². The molecule has 0 aliphatic carbocycles. The van der Waals surface area contributed by atoms with E-state index in [0.717, 1.165) is 17.3 Å². The van der Waals surface area contributed by atoms with Crippen LogP contribution >= 0.6 is 0 Å². The maximum Gasteiger partial charge on any atom is 0.326 e. The maximum absolute atomic E-state index is 13.4. The number of carbonyl (C=O) groups excluding carboxylic acids is 4. The van der Waals surface area contributed by atoms with Crippen LogP contribution in [-0.4, -0.2) is 76.9 Å². The SMILES string of the molecule is NCCCCC(NC(=O)C(Cc1c[nH]c2ccccc12)NC(=O)C(CC(N)=O)NC(=O)C1CCCN1)C(=O)O. The van der Waals surface area contributed by atoms with E-state index in [0.29, 0.717) is 37.9 Å². The molecule has 0 spiro atoms. The number of carbonyl (C=O) groups is 5. The van der Waals surface area contributed by atoms with Gasteiger partial charge >= 0.3 is 5.97 Å². The number of carboxylic acid groups (broad SMARTS) is 1. The van der Waals surface area contributed by atoms with E-state index in [1.807, 2.05) is 24.3 Å². The Balaban J connectivity index is 1.81. The Hall–Kier alpha value is -3.97. The summed E-state index contributed by atoms with van der Waals surface area (Å²) in [5, 5.41) is 21.2. The molecule has 13 nitrogen and oxygen atoms in total. The highest BCUT2D eigenvalue weighted by molar-refractivity contribution is 5.96. The number of primary amides is 1. The first-order valence-corrected chi connectivity index (χ1v) is 13.1. The molecule has 4 amide bonds. The predicted molar refractivity (Wildman–Crippen MR) is 143 cm³/mol. The molecule has 39 heavy (non-hydrogen) atoms. The number of hydrogen-bond donors (Lipinski definition) is 8. The summed E-state index contributed by atoms with van der Waals surface area (Å²) in [5.41, 5.74) is 12.4. The van der Waals surface area contributed by atoms with E-state index >= 15 is 0 Å². The van der Waals surface area contributed by atoms with Crippen LogP contribution in [0.3, 0.4) is 0 Å². The molecule has 4 unspecified atom stereocenters. The van der Waals surface area contributed by atoms with Gasteiger partial charge in [-0.15, -0.1) is 0 Å². The first kappa shape index (κ1) is 29.6. The second-order valence-corrected chi connectivity index (χ2v) is 9.69. The monoisotopic (exact) mass is 543 g/mol. The number of benzene rings is 1. The second kappa shape index (κ2) is 14.3. The summed E-state index contributed by atoms with van der Waals surface area (Å²) in [6.45, 7) is 1.05. The fourth-order valence-corrected chi connectivity index (χ4v) is 4.62. The van der Waals surface area contributed by atoms with Crippen LogP contribution in [0, 0.1) is 0 Å². The van der Waals surface area contributed by atoms with E-state index in [1.165, 1.54) is 0 Å². The smallest absolute Gasteiger partial charge is 0.326 e. The number of fused-ring (bicyclic) bond motifs is 1. The van der Waals surface area contributed by atoms with Crippen LogP contribution in [0.25, 0.3) is 10.9 Å². The van der Waals surface area contributed by atoms with Crippen molar-refractivity contribution in [3.8, 4) is 0 Å². The lowest BCUT2D eigenvalue weighted by molar-refractivity contribution is -0.142. The number of rotatable bonds is 15. The lowest BCUT2D eigenvalue weighted by Gasteiger charge is -2.25. The molecule has 212 valence electrons. The van der Waals surface area contributed by atoms with E-state index < -0.39 is 60.2 Å². The van der Waals surface area contributed by atoms with E-state index in [-0.39, 0.29) is 12.8 Å². The fourth-order valence-electron chi connectivity index (χ4n) is 4.62. The van der Waals surface area contributed by atoms with Crippen molar-refractivity contribution < 1.29 is 29.1 Å². The van der Waals surface area contributed by atoms with Crippen LogP contribution in [0.1, 0.15) is 44.1 Å². The number of aromatic nitrogens is 1. The van der Waals surface area contributed by atoms with Crippen LogP contribution in [-0.2, 0) is 30.4 Å². The van der Waals surface area contributed by atoms with Crippen LogP contribution in [0.4, 0.5) is 0 Å². The number of hydrogen-bond acceptors (Lipinski definition) is 7. The number of nitrogens with one attached hydrogen (secondary N) is 5. The first-order valence-electron chi connectivity index (χ1n) is 13.1. The second-order valence-electron chi connectivity index (χ2n) is 9.69. The molecule has 4 atom stereocenters. The minimum Gasteiger partial charge on any atom is -0.480 e. The zero-order valence-corrected chi connectivity index (χ0v) is 21.7. The van der Waals surface area contributed by atoms with Gasteiger partial charge in [0.15, 0.2) is 0 Å². The van der Waals surface area contributed by atoms with Crippen molar-refractivity contribution in [2.24, 2.45) is 11.5 Å². The highest BCUT2D eigenvalue weighted by Crippen LogP contribution is 2.19. The molecule has 2 heterocycles. The van der Waals surface area contributed by atoms with Crippen molar-refractivity contribution in [1.29, 1.82) is 0 Å². The molecule has 1 aromatic heterocycles. The average molecular weight is 544 g/mol. The maximum atomic E-state index is 13.4. The molecule has 1 aliphatic rings. The summed E-state index contributed by atoms with van der Waals surface area (Å²) in [6.07, 6.45) is 3.91. The predicted octanol–water partition coefficient (Wildman–Crippen LogP) is -0.994. The molecule has 1 aliphatic heterocycles. The molecule has 0 saturated carbocycles. The molecule has 1 aromatic carbocycles. The van der Waals surface area contributed by atoms with E-state index in [9.17, 15) is 29.1 Å². The summed E-state index contributed by atoms with van der Waals surface area (Å²) in [6, 6.07) is 3.21. The van der Waals surface area contributed by atoms with Gasteiger partial charge in [0.25, 0.3) is 0 Å². The van der Waals surface area contributed by atoms with E-state index in [4.69, 9.17) is 11.5 Å². The summed E-state index contributed by atoms with van der Waals surface area (Å²) >= 11 is 0. The lowest BCUT2D eigenvalue weighted by atomic mass is 10.0. The van der Waals surface area contributed by atoms with Crippen molar-refractivity contribution in [2.75, 3.05) is 13.1 Å². The quantitative estimate of drug-likeness (QED) is 0.130. The van der Waals surface area contributed by atoms with Crippen LogP contribution in [0.5, 0.6) is 0 Å². The third-order valence-corrected chi connectivity index (χ3v) is 6.71. The number of aromatic amines is 1. The number of unbranched alkanes of at least 4 members (excludes halogenated alkanes) is 1. The van der Waals surface area contributed by atoms with Gasteiger partial charge in [-0.3, -0.25) is 19.2 Å². The normalized spacial score (nSPS) is 17.2. The van der Waals surface area contributed by atoms with Crippen LogP contribution in [0.15, 0.2) is 30.5 Å². The zero-order chi connectivity index (χ0) is 28.4. The Morgan fingerprint density at radius 2 is 1.72 bits per heavy atom. The number of amides is 4. The molecule has 3 rings (SSSR count). The molecular weight excluding hydrogens is 506 g/mol. The standard InChI is InChI=1S/C26H37N7O6/c27-10-4-3-8-19(26(38)39)31-24(36)20(12-15-14-30-17-7-2-1-6-16(15)17)32-25(37)21(13-22(28)34)33-23(35)18-9-5-11-29-18/h1-2,6-7,14,18-21,29-30H,3-5,8-13,27H2,(H2,28,34)(H,31,36)(H,32,37)(H,33,35)(H,38,39). The topological polar surface area (TPSA) is 222 Å². The van der Waals surface area contributed by atoms with Gasteiger partial charge in [0.1, 0.15) is 18.1 Å². The highest BCUT2D eigenvalue weighted by atomic mass is 16.4.